The first-order chi connectivity index (χ1) is 8.25. The fourth-order valence-electron chi connectivity index (χ4n) is 1.11. The van der Waals surface area contributed by atoms with Crippen molar-refractivity contribution in [3.63, 3.8) is 0 Å². The second kappa shape index (κ2) is 5.56. The Morgan fingerprint density at radius 3 is 2.94 bits per heavy atom. The van der Waals surface area contributed by atoms with Gasteiger partial charge in [-0.15, -0.1) is 11.3 Å². The topological polar surface area (TPSA) is 54.4 Å². The van der Waals surface area contributed by atoms with E-state index in [0.717, 1.165) is 4.88 Å². The molecule has 6 heteroatoms. The van der Waals surface area contributed by atoms with Crippen molar-refractivity contribution in [2.45, 2.75) is 0 Å². The SMILES string of the molecule is O=C(NN=Cc1ccc(Cl)s1)c1ccccn1. The van der Waals surface area contributed by atoms with E-state index >= 15 is 0 Å². The molecule has 17 heavy (non-hydrogen) atoms. The summed E-state index contributed by atoms with van der Waals surface area (Å²) in [4.78, 5) is 16.3. The number of aromatic nitrogens is 1. The van der Waals surface area contributed by atoms with Gasteiger partial charge in [0, 0.05) is 11.1 Å². The summed E-state index contributed by atoms with van der Waals surface area (Å²) in [7, 11) is 0. The minimum atomic E-state index is -0.343. The maximum atomic E-state index is 11.5. The average molecular weight is 266 g/mol. The molecule has 1 N–H and O–H groups in total. The van der Waals surface area contributed by atoms with Gasteiger partial charge in [0.1, 0.15) is 5.69 Å². The van der Waals surface area contributed by atoms with E-state index in [0.29, 0.717) is 10.0 Å². The van der Waals surface area contributed by atoms with Gasteiger partial charge in [-0.25, -0.2) is 5.43 Å². The molecule has 0 aliphatic carbocycles. The van der Waals surface area contributed by atoms with Crippen LogP contribution in [0.1, 0.15) is 15.4 Å². The Morgan fingerprint density at radius 2 is 2.29 bits per heavy atom. The highest BCUT2D eigenvalue weighted by molar-refractivity contribution is 7.17. The first-order valence-corrected chi connectivity index (χ1v) is 5.95. The van der Waals surface area contributed by atoms with Gasteiger partial charge in [0.2, 0.25) is 0 Å². The lowest BCUT2D eigenvalue weighted by Crippen LogP contribution is -2.18. The molecule has 0 aliphatic rings. The van der Waals surface area contributed by atoms with Crippen LogP contribution < -0.4 is 5.43 Å². The minimum Gasteiger partial charge on any atom is -0.266 e. The van der Waals surface area contributed by atoms with Crippen molar-refractivity contribution < 1.29 is 4.79 Å². The Bertz CT molecular complexity index is 539. The third-order valence-electron chi connectivity index (χ3n) is 1.85. The van der Waals surface area contributed by atoms with E-state index in [1.807, 2.05) is 6.07 Å². The van der Waals surface area contributed by atoms with Gasteiger partial charge in [-0.2, -0.15) is 5.10 Å². The highest BCUT2D eigenvalue weighted by atomic mass is 35.5. The standard InChI is InChI=1S/C11H8ClN3OS/c12-10-5-4-8(17-10)7-14-15-11(16)9-3-1-2-6-13-9/h1-7H,(H,15,16). The predicted molar refractivity (Wildman–Crippen MR) is 68.6 cm³/mol. The number of nitrogens with zero attached hydrogens (tertiary/aromatic N) is 2. The van der Waals surface area contributed by atoms with Crippen molar-refractivity contribution in [3.8, 4) is 0 Å². The van der Waals surface area contributed by atoms with Crippen LogP contribution in [-0.4, -0.2) is 17.1 Å². The van der Waals surface area contributed by atoms with Crippen molar-refractivity contribution in [2.75, 3.05) is 0 Å². The van der Waals surface area contributed by atoms with Crippen molar-refractivity contribution in [2.24, 2.45) is 5.10 Å². The van der Waals surface area contributed by atoms with Gasteiger partial charge >= 0.3 is 0 Å². The number of hydrazone groups is 1. The summed E-state index contributed by atoms with van der Waals surface area (Å²) in [6.45, 7) is 0. The molecular weight excluding hydrogens is 258 g/mol. The summed E-state index contributed by atoms with van der Waals surface area (Å²) in [5, 5.41) is 3.82. The zero-order valence-corrected chi connectivity index (χ0v) is 10.2. The number of pyridine rings is 1. The molecule has 0 saturated heterocycles. The van der Waals surface area contributed by atoms with Gasteiger partial charge in [0.25, 0.3) is 5.91 Å². The van der Waals surface area contributed by atoms with Crippen LogP contribution in [0, 0.1) is 0 Å². The van der Waals surface area contributed by atoms with Gasteiger partial charge in [-0.05, 0) is 24.3 Å². The van der Waals surface area contributed by atoms with E-state index in [4.69, 9.17) is 11.6 Å². The first-order valence-electron chi connectivity index (χ1n) is 4.75. The zero-order valence-electron chi connectivity index (χ0n) is 8.63. The molecule has 4 nitrogen and oxygen atoms in total. The normalized spacial score (nSPS) is 10.6. The largest absolute Gasteiger partial charge is 0.289 e. The maximum absolute atomic E-state index is 11.5. The van der Waals surface area contributed by atoms with Crippen LogP contribution in [0.3, 0.4) is 0 Å². The molecule has 0 unspecified atom stereocenters. The molecule has 0 aliphatic heterocycles. The predicted octanol–water partition coefficient (Wildman–Crippen LogP) is 2.56. The Morgan fingerprint density at radius 1 is 1.41 bits per heavy atom. The van der Waals surface area contributed by atoms with Gasteiger partial charge < -0.3 is 0 Å². The van der Waals surface area contributed by atoms with Crippen LogP contribution in [0.25, 0.3) is 0 Å². The van der Waals surface area contributed by atoms with E-state index in [9.17, 15) is 4.79 Å². The third kappa shape index (κ3) is 3.37. The lowest BCUT2D eigenvalue weighted by molar-refractivity contribution is 0.0950. The molecular formula is C11H8ClN3OS. The van der Waals surface area contributed by atoms with Crippen LogP contribution in [0.4, 0.5) is 0 Å². The molecule has 0 radical (unpaired) electrons. The monoisotopic (exact) mass is 265 g/mol. The lowest BCUT2D eigenvalue weighted by atomic mass is 10.3. The molecule has 2 rings (SSSR count). The number of carbonyl (C=O) groups excluding carboxylic acids is 1. The summed E-state index contributed by atoms with van der Waals surface area (Å²) in [5.74, 6) is -0.343. The van der Waals surface area contributed by atoms with Crippen molar-refractivity contribution in [3.05, 3.63) is 51.4 Å². The quantitative estimate of drug-likeness (QED) is 0.685. The van der Waals surface area contributed by atoms with Crippen molar-refractivity contribution >= 4 is 35.1 Å². The Balaban J connectivity index is 1.95. The van der Waals surface area contributed by atoms with Gasteiger partial charge in [-0.3, -0.25) is 9.78 Å². The summed E-state index contributed by atoms with van der Waals surface area (Å²) in [6.07, 6.45) is 3.09. The number of rotatable bonds is 3. The second-order valence-electron chi connectivity index (χ2n) is 3.06. The highest BCUT2D eigenvalue weighted by Gasteiger charge is 2.03. The molecule has 2 aromatic heterocycles. The third-order valence-corrected chi connectivity index (χ3v) is 3.02. The van der Waals surface area contributed by atoms with Crippen molar-refractivity contribution in [1.29, 1.82) is 0 Å². The number of carbonyl (C=O) groups is 1. The number of amides is 1. The number of halogens is 1. The first kappa shape index (κ1) is 11.8. The summed E-state index contributed by atoms with van der Waals surface area (Å²) in [5.41, 5.74) is 2.72. The smallest absolute Gasteiger partial charge is 0.266 e. The van der Waals surface area contributed by atoms with Gasteiger partial charge in [-0.1, -0.05) is 17.7 Å². The van der Waals surface area contributed by atoms with Crippen LogP contribution in [0.15, 0.2) is 41.6 Å². The summed E-state index contributed by atoms with van der Waals surface area (Å²) >= 11 is 7.14. The Labute approximate surface area is 107 Å². The molecule has 0 atom stereocenters. The fraction of sp³-hybridized carbons (Fsp3) is 0. The number of hydrogen-bond acceptors (Lipinski definition) is 4. The van der Waals surface area contributed by atoms with Crippen LogP contribution in [-0.2, 0) is 0 Å². The average Bonchev–Trinajstić information content (AvgIpc) is 2.76. The molecule has 0 bridgehead atoms. The molecule has 0 aromatic carbocycles. The second-order valence-corrected chi connectivity index (χ2v) is 4.80. The zero-order chi connectivity index (χ0) is 12.1. The van der Waals surface area contributed by atoms with E-state index in [-0.39, 0.29) is 5.91 Å². The van der Waals surface area contributed by atoms with Gasteiger partial charge in [0.15, 0.2) is 0 Å². The van der Waals surface area contributed by atoms with E-state index in [2.05, 4.69) is 15.5 Å². The highest BCUT2D eigenvalue weighted by Crippen LogP contribution is 2.19. The van der Waals surface area contributed by atoms with Crippen molar-refractivity contribution in [1.82, 2.24) is 10.4 Å². The Kier molecular flexibility index (Phi) is 3.85. The molecule has 0 spiro atoms. The summed E-state index contributed by atoms with van der Waals surface area (Å²) in [6, 6.07) is 8.70. The molecule has 0 fully saturated rings. The fourth-order valence-corrected chi connectivity index (χ4v) is 2.04. The van der Waals surface area contributed by atoms with Crippen LogP contribution in [0.5, 0.6) is 0 Å². The molecule has 0 saturated carbocycles. The minimum absolute atomic E-state index is 0.328. The summed E-state index contributed by atoms with van der Waals surface area (Å²) < 4.78 is 0.683. The van der Waals surface area contributed by atoms with E-state index in [1.54, 1.807) is 30.5 Å². The van der Waals surface area contributed by atoms with Crippen LogP contribution in [0.2, 0.25) is 4.34 Å². The lowest BCUT2D eigenvalue weighted by Gasteiger charge is -1.96. The molecule has 1 amide bonds. The molecule has 2 aromatic rings. The number of thiophene rings is 1. The molecule has 2 heterocycles. The van der Waals surface area contributed by atoms with E-state index < -0.39 is 0 Å². The number of nitrogens with one attached hydrogen (secondary N) is 1. The Hall–Kier alpha value is -1.72. The van der Waals surface area contributed by atoms with Gasteiger partial charge in [0.05, 0.1) is 10.6 Å². The van der Waals surface area contributed by atoms with Crippen LogP contribution >= 0.6 is 22.9 Å². The molecule has 86 valence electrons. The van der Waals surface area contributed by atoms with E-state index in [1.165, 1.54) is 17.6 Å². The number of hydrogen-bond donors (Lipinski definition) is 1. The maximum Gasteiger partial charge on any atom is 0.289 e.